The van der Waals surface area contributed by atoms with E-state index in [1.807, 2.05) is 0 Å². The molecule has 3 nitrogen and oxygen atoms in total. The Kier molecular flexibility index (Phi) is 2.62. The molecule has 0 radical (unpaired) electrons. The molecule has 0 N–H and O–H groups in total. The average molecular weight is 164 g/mol. The molecule has 0 aliphatic heterocycles. The van der Waals surface area contributed by atoms with Gasteiger partial charge >= 0.3 is 5.97 Å². The first kappa shape index (κ1) is 8.50. The lowest BCUT2D eigenvalue weighted by Gasteiger charge is -2.13. The van der Waals surface area contributed by atoms with Crippen molar-refractivity contribution in [2.45, 2.75) is 13.0 Å². The van der Waals surface area contributed by atoms with Gasteiger partial charge in [-0.25, -0.2) is 4.79 Å². The maximum atomic E-state index is 10.6. The van der Waals surface area contributed by atoms with Crippen LogP contribution in [-0.2, 0) is 14.3 Å². The number of ether oxygens (including phenoxy) is 1. The Labute approximate surface area is 70.0 Å². The highest BCUT2D eigenvalue weighted by atomic mass is 16.5. The molecule has 1 aliphatic rings. The summed E-state index contributed by atoms with van der Waals surface area (Å²) in [6.07, 6.45) is 6.04. The largest absolute Gasteiger partial charge is 0.453 e. The van der Waals surface area contributed by atoms with Gasteiger partial charge in [0.15, 0.2) is 6.10 Å². The van der Waals surface area contributed by atoms with Crippen LogP contribution in [0, 0.1) is 0 Å². The van der Waals surface area contributed by atoms with Gasteiger partial charge in [0.1, 0.15) is 5.94 Å². The van der Waals surface area contributed by atoms with Crippen LogP contribution in [0.5, 0.6) is 0 Å². The standard InChI is InChI=1S/C9H8O3/c1-7(11)12-9-5-3-2-4-8(9)6-10/h2-5,9H,1H3. The highest BCUT2D eigenvalue weighted by Gasteiger charge is 2.14. The van der Waals surface area contributed by atoms with Crippen molar-refractivity contribution in [1.82, 2.24) is 0 Å². The molecule has 0 aromatic heterocycles. The maximum Gasteiger partial charge on any atom is 0.303 e. The number of carbonyl (C=O) groups is 1. The second kappa shape index (κ2) is 3.69. The van der Waals surface area contributed by atoms with Gasteiger partial charge in [-0.15, -0.1) is 0 Å². The van der Waals surface area contributed by atoms with Crippen LogP contribution < -0.4 is 0 Å². The van der Waals surface area contributed by atoms with Crippen LogP contribution in [0.25, 0.3) is 0 Å². The smallest absolute Gasteiger partial charge is 0.303 e. The van der Waals surface area contributed by atoms with Gasteiger partial charge < -0.3 is 4.74 Å². The van der Waals surface area contributed by atoms with E-state index in [9.17, 15) is 9.59 Å². The van der Waals surface area contributed by atoms with Crippen molar-refractivity contribution in [3.05, 3.63) is 29.9 Å². The first-order valence-corrected chi connectivity index (χ1v) is 3.51. The lowest BCUT2D eigenvalue weighted by Crippen LogP contribution is -2.17. The Morgan fingerprint density at radius 2 is 2.33 bits per heavy atom. The van der Waals surface area contributed by atoms with Crippen molar-refractivity contribution < 1.29 is 14.3 Å². The monoisotopic (exact) mass is 164 g/mol. The zero-order valence-corrected chi connectivity index (χ0v) is 6.61. The van der Waals surface area contributed by atoms with Gasteiger partial charge in [-0.3, -0.25) is 4.79 Å². The van der Waals surface area contributed by atoms with Crippen molar-refractivity contribution in [3.63, 3.8) is 0 Å². The normalized spacial score (nSPS) is 20.4. The molecule has 62 valence electrons. The SMILES string of the molecule is CC(=O)OC1C=CC=CC1=C=O. The van der Waals surface area contributed by atoms with E-state index in [1.54, 1.807) is 30.2 Å². The van der Waals surface area contributed by atoms with Gasteiger partial charge in [-0.2, -0.15) is 0 Å². The lowest BCUT2D eigenvalue weighted by atomic mass is 10.1. The Morgan fingerprint density at radius 3 is 2.92 bits per heavy atom. The molecule has 0 aromatic rings. The topological polar surface area (TPSA) is 43.4 Å². The zero-order valence-electron chi connectivity index (χ0n) is 6.61. The van der Waals surface area contributed by atoms with Gasteiger partial charge in [0.25, 0.3) is 0 Å². The van der Waals surface area contributed by atoms with Crippen molar-refractivity contribution >= 4 is 11.9 Å². The van der Waals surface area contributed by atoms with E-state index in [4.69, 9.17) is 4.74 Å². The fourth-order valence-corrected chi connectivity index (χ4v) is 0.896. The van der Waals surface area contributed by atoms with Crippen LogP contribution in [0.4, 0.5) is 0 Å². The molecule has 1 unspecified atom stereocenters. The molecular formula is C9H8O3. The number of carbonyl (C=O) groups excluding carboxylic acids is 2. The fraction of sp³-hybridized carbons (Fsp3) is 0.222. The van der Waals surface area contributed by atoms with Crippen LogP contribution in [0.15, 0.2) is 29.9 Å². The quantitative estimate of drug-likeness (QED) is 0.425. The molecule has 0 heterocycles. The fourth-order valence-electron chi connectivity index (χ4n) is 0.896. The molecule has 0 aromatic carbocycles. The molecule has 1 rings (SSSR count). The Bertz CT molecular complexity index is 293. The van der Waals surface area contributed by atoms with E-state index in [1.165, 1.54) is 6.92 Å². The average Bonchev–Trinajstić information content (AvgIpc) is 2.04. The third-order valence-corrected chi connectivity index (χ3v) is 1.39. The summed E-state index contributed by atoms with van der Waals surface area (Å²) in [6, 6.07) is 0. The molecule has 0 saturated heterocycles. The summed E-state index contributed by atoms with van der Waals surface area (Å²) in [4.78, 5) is 20.9. The molecule has 3 heteroatoms. The summed E-state index contributed by atoms with van der Waals surface area (Å²) >= 11 is 0. The minimum atomic E-state index is -0.565. The molecule has 12 heavy (non-hydrogen) atoms. The molecule has 0 bridgehead atoms. The van der Waals surface area contributed by atoms with Crippen LogP contribution in [0.3, 0.4) is 0 Å². The molecule has 0 saturated carbocycles. The summed E-state index contributed by atoms with van der Waals surface area (Å²) in [5, 5.41) is 0. The predicted octanol–water partition coefficient (Wildman–Crippen LogP) is 0.802. The Balaban J connectivity index is 2.76. The van der Waals surface area contributed by atoms with Crippen molar-refractivity contribution in [2.75, 3.05) is 0 Å². The Morgan fingerprint density at radius 1 is 1.58 bits per heavy atom. The minimum Gasteiger partial charge on any atom is -0.453 e. The second-order valence-electron chi connectivity index (χ2n) is 2.33. The molecule has 1 aliphatic carbocycles. The Hall–Kier alpha value is -1.60. The molecule has 0 fully saturated rings. The van der Waals surface area contributed by atoms with E-state index in [-0.39, 0.29) is 0 Å². The van der Waals surface area contributed by atoms with Crippen molar-refractivity contribution in [3.8, 4) is 0 Å². The van der Waals surface area contributed by atoms with E-state index in [0.29, 0.717) is 5.57 Å². The molecule has 0 spiro atoms. The maximum absolute atomic E-state index is 10.6. The second-order valence-corrected chi connectivity index (χ2v) is 2.33. The first-order valence-electron chi connectivity index (χ1n) is 3.51. The lowest BCUT2D eigenvalue weighted by molar-refractivity contribution is -0.142. The zero-order chi connectivity index (χ0) is 8.97. The van der Waals surface area contributed by atoms with E-state index in [0.717, 1.165) is 0 Å². The minimum absolute atomic E-state index is 0.340. The number of hydrogen-bond donors (Lipinski definition) is 0. The van der Waals surface area contributed by atoms with Gasteiger partial charge in [-0.05, 0) is 12.2 Å². The van der Waals surface area contributed by atoms with Crippen LogP contribution in [0.2, 0.25) is 0 Å². The third-order valence-electron chi connectivity index (χ3n) is 1.39. The van der Waals surface area contributed by atoms with E-state index in [2.05, 4.69) is 0 Å². The van der Waals surface area contributed by atoms with Crippen molar-refractivity contribution in [2.24, 2.45) is 0 Å². The molecule has 1 atom stereocenters. The summed E-state index contributed by atoms with van der Waals surface area (Å²) in [5.41, 5.74) is 0.340. The highest BCUT2D eigenvalue weighted by Crippen LogP contribution is 2.11. The number of allylic oxidation sites excluding steroid dienone is 2. The van der Waals surface area contributed by atoms with Crippen LogP contribution in [0.1, 0.15) is 6.92 Å². The first-order chi connectivity index (χ1) is 5.74. The van der Waals surface area contributed by atoms with Gasteiger partial charge in [0, 0.05) is 6.92 Å². The summed E-state index contributed by atoms with van der Waals surface area (Å²) in [6.45, 7) is 1.30. The van der Waals surface area contributed by atoms with E-state index < -0.39 is 12.1 Å². The predicted molar refractivity (Wildman–Crippen MR) is 43.0 cm³/mol. The molecular weight excluding hydrogens is 156 g/mol. The van der Waals surface area contributed by atoms with Crippen molar-refractivity contribution in [1.29, 1.82) is 0 Å². The third kappa shape index (κ3) is 1.94. The summed E-state index contributed by atoms with van der Waals surface area (Å²) < 4.78 is 4.82. The van der Waals surface area contributed by atoms with E-state index >= 15 is 0 Å². The number of esters is 1. The van der Waals surface area contributed by atoms with Gasteiger partial charge in [0.2, 0.25) is 0 Å². The van der Waals surface area contributed by atoms with Crippen LogP contribution in [-0.4, -0.2) is 18.0 Å². The van der Waals surface area contributed by atoms with Crippen LogP contribution >= 0.6 is 0 Å². The summed E-state index contributed by atoms with van der Waals surface area (Å²) in [5.74, 6) is 1.30. The number of hydrogen-bond acceptors (Lipinski definition) is 3. The highest BCUT2D eigenvalue weighted by molar-refractivity contribution is 5.69. The summed E-state index contributed by atoms with van der Waals surface area (Å²) in [7, 11) is 0. The van der Waals surface area contributed by atoms with Gasteiger partial charge in [-0.1, -0.05) is 12.2 Å². The molecule has 0 amide bonds. The van der Waals surface area contributed by atoms with Gasteiger partial charge in [0.05, 0.1) is 5.57 Å². The number of rotatable bonds is 1.